The molecule has 4 aliphatic rings. The number of benzene rings is 1. The maximum Gasteiger partial charge on any atom is 0.235 e. The van der Waals surface area contributed by atoms with Crippen molar-refractivity contribution in [3.05, 3.63) is 18.2 Å². The van der Waals surface area contributed by atoms with Crippen molar-refractivity contribution in [1.82, 2.24) is 9.88 Å². The average molecular weight is 450 g/mol. The number of hydrogen-bond donors (Lipinski definition) is 0. The maximum atomic E-state index is 14.1. The van der Waals surface area contributed by atoms with Crippen molar-refractivity contribution in [1.29, 1.82) is 0 Å². The molecule has 1 amide bonds. The number of likely N-dealkylation sites (N-methyl/N-ethyl adjacent to an activating group) is 1. The smallest absolute Gasteiger partial charge is 0.235 e. The average Bonchev–Trinajstić information content (AvgIpc) is 3.09. The Labute approximate surface area is 189 Å². The molecule has 0 radical (unpaired) electrons. The Balaban J connectivity index is 0.00000218. The minimum absolute atomic E-state index is 0. The van der Waals surface area contributed by atoms with Crippen LogP contribution in [-0.2, 0) is 4.79 Å². The largest absolute Gasteiger partial charge is 0.497 e. The van der Waals surface area contributed by atoms with E-state index < -0.39 is 0 Å². The fourth-order valence-corrected chi connectivity index (χ4v) is 7.40. The Morgan fingerprint density at radius 1 is 1.13 bits per heavy atom. The molecule has 5 nitrogen and oxygen atoms in total. The number of ether oxygens (including phenoxy) is 1. The predicted molar refractivity (Wildman–Crippen MR) is 125 cm³/mol. The second-order valence-corrected chi connectivity index (χ2v) is 10.8. The molecule has 4 aliphatic carbocycles. The summed E-state index contributed by atoms with van der Waals surface area (Å²) in [5, 5.41) is 0.843. The lowest BCUT2D eigenvalue weighted by Gasteiger charge is -2.56. The summed E-state index contributed by atoms with van der Waals surface area (Å²) in [4.78, 5) is 23.1. The van der Waals surface area contributed by atoms with E-state index in [0.717, 1.165) is 64.7 Å². The van der Waals surface area contributed by atoms with Crippen molar-refractivity contribution >= 4 is 45.0 Å². The summed E-state index contributed by atoms with van der Waals surface area (Å²) in [5.74, 6) is 3.46. The van der Waals surface area contributed by atoms with Gasteiger partial charge in [0, 0.05) is 13.1 Å². The fraction of sp³-hybridized carbons (Fsp3) is 0.652. The van der Waals surface area contributed by atoms with Gasteiger partial charge in [-0.05, 0) is 88.6 Å². The number of carbonyl (C=O) groups excluding carboxylic acids is 1. The van der Waals surface area contributed by atoms with Gasteiger partial charge in [-0.2, -0.15) is 0 Å². The van der Waals surface area contributed by atoms with E-state index in [9.17, 15) is 4.79 Å². The van der Waals surface area contributed by atoms with Gasteiger partial charge in [-0.1, -0.05) is 11.3 Å². The SMILES string of the molecule is COc1ccc2nc(N(CCN(C)C)C(=O)C34CC5CC(CC(C5)C3)C4)sc2c1.Cl. The van der Waals surface area contributed by atoms with Gasteiger partial charge in [0.2, 0.25) is 5.91 Å². The summed E-state index contributed by atoms with van der Waals surface area (Å²) >= 11 is 1.61. The number of hydrogen-bond acceptors (Lipinski definition) is 5. The summed E-state index contributed by atoms with van der Waals surface area (Å²) in [6.45, 7) is 1.54. The molecule has 0 unspecified atom stereocenters. The van der Waals surface area contributed by atoms with E-state index in [4.69, 9.17) is 9.72 Å². The second kappa shape index (κ2) is 8.29. The van der Waals surface area contributed by atoms with Gasteiger partial charge in [-0.25, -0.2) is 4.98 Å². The highest BCUT2D eigenvalue weighted by molar-refractivity contribution is 7.22. The van der Waals surface area contributed by atoms with E-state index in [-0.39, 0.29) is 17.8 Å². The van der Waals surface area contributed by atoms with E-state index in [1.54, 1.807) is 18.4 Å². The van der Waals surface area contributed by atoms with Gasteiger partial charge in [-0.3, -0.25) is 9.69 Å². The second-order valence-electron chi connectivity index (χ2n) is 9.79. The molecule has 4 bridgehead atoms. The van der Waals surface area contributed by atoms with Crippen LogP contribution in [0.5, 0.6) is 5.75 Å². The molecule has 1 aromatic heterocycles. The van der Waals surface area contributed by atoms with Gasteiger partial charge < -0.3 is 9.64 Å². The summed E-state index contributed by atoms with van der Waals surface area (Å²) in [7, 11) is 5.82. The zero-order valence-electron chi connectivity index (χ0n) is 18.1. The molecular weight excluding hydrogens is 418 g/mol. The number of fused-ring (bicyclic) bond motifs is 1. The number of rotatable bonds is 6. The molecule has 1 aromatic carbocycles. The topological polar surface area (TPSA) is 45.7 Å². The van der Waals surface area contributed by atoms with Crippen LogP contribution < -0.4 is 9.64 Å². The predicted octanol–water partition coefficient (Wildman–Crippen LogP) is 4.84. The highest BCUT2D eigenvalue weighted by atomic mass is 35.5. The third kappa shape index (κ3) is 3.82. The van der Waals surface area contributed by atoms with Gasteiger partial charge in [0.25, 0.3) is 0 Å². The van der Waals surface area contributed by atoms with E-state index in [0.29, 0.717) is 12.5 Å². The number of carbonyl (C=O) groups is 1. The minimum atomic E-state index is -0.142. The molecule has 2 aromatic rings. The van der Waals surface area contributed by atoms with Crippen LogP contribution in [0.25, 0.3) is 10.2 Å². The maximum absolute atomic E-state index is 14.1. The molecule has 6 rings (SSSR count). The lowest BCUT2D eigenvalue weighted by atomic mass is 9.49. The Hall–Kier alpha value is -1.37. The highest BCUT2D eigenvalue weighted by Crippen LogP contribution is 2.60. The minimum Gasteiger partial charge on any atom is -0.497 e. The molecule has 0 aliphatic heterocycles. The van der Waals surface area contributed by atoms with Crippen LogP contribution in [0.4, 0.5) is 5.13 Å². The Kier molecular flexibility index (Phi) is 6.03. The number of halogens is 1. The van der Waals surface area contributed by atoms with Gasteiger partial charge in [-0.15, -0.1) is 12.4 Å². The fourth-order valence-electron chi connectivity index (χ4n) is 6.38. The lowest BCUT2D eigenvalue weighted by Crippen LogP contribution is -2.55. The van der Waals surface area contributed by atoms with Crippen molar-refractivity contribution in [2.75, 3.05) is 39.2 Å². The van der Waals surface area contributed by atoms with Gasteiger partial charge >= 0.3 is 0 Å². The Morgan fingerprint density at radius 3 is 2.33 bits per heavy atom. The number of nitrogens with zero attached hydrogens (tertiary/aromatic N) is 3. The van der Waals surface area contributed by atoms with Gasteiger partial charge in [0.05, 0.1) is 22.7 Å². The molecule has 4 saturated carbocycles. The standard InChI is InChI=1S/C23H31N3O2S.ClH/c1-25(2)6-7-26(22-24-19-5-4-18(28-3)11-20(19)29-22)21(27)23-12-15-8-16(13-23)10-17(9-15)14-23;/h4-5,11,15-17H,6-10,12-14H2,1-3H3;1H. The number of anilines is 1. The van der Waals surface area contributed by atoms with Crippen LogP contribution in [0.3, 0.4) is 0 Å². The van der Waals surface area contributed by atoms with Crippen molar-refractivity contribution in [3.63, 3.8) is 0 Å². The normalized spacial score (nSPS) is 29.3. The zero-order valence-corrected chi connectivity index (χ0v) is 19.7. The lowest BCUT2D eigenvalue weighted by molar-refractivity contribution is -0.143. The Morgan fingerprint density at radius 2 is 1.77 bits per heavy atom. The number of amides is 1. The van der Waals surface area contributed by atoms with Crippen LogP contribution in [0.1, 0.15) is 38.5 Å². The quantitative estimate of drug-likeness (QED) is 0.633. The van der Waals surface area contributed by atoms with E-state index in [2.05, 4.69) is 19.0 Å². The molecule has 164 valence electrons. The van der Waals surface area contributed by atoms with Crippen LogP contribution in [-0.4, -0.2) is 50.1 Å². The molecule has 7 heteroatoms. The molecule has 0 N–H and O–H groups in total. The first-order valence-electron chi connectivity index (χ1n) is 10.9. The summed E-state index contributed by atoms with van der Waals surface area (Å²) in [6, 6.07) is 5.96. The summed E-state index contributed by atoms with van der Waals surface area (Å²) in [5.41, 5.74) is 0.801. The zero-order chi connectivity index (χ0) is 20.2. The van der Waals surface area contributed by atoms with Crippen LogP contribution >= 0.6 is 23.7 Å². The van der Waals surface area contributed by atoms with Crippen molar-refractivity contribution in [3.8, 4) is 5.75 Å². The van der Waals surface area contributed by atoms with Crippen molar-refractivity contribution in [2.45, 2.75) is 38.5 Å². The monoisotopic (exact) mass is 449 g/mol. The van der Waals surface area contributed by atoms with Gasteiger partial charge in [0.15, 0.2) is 5.13 Å². The molecule has 0 spiro atoms. The van der Waals surface area contributed by atoms with E-state index in [1.807, 2.05) is 23.1 Å². The van der Waals surface area contributed by atoms with E-state index >= 15 is 0 Å². The first-order chi connectivity index (χ1) is 14.0. The molecule has 0 saturated heterocycles. The summed E-state index contributed by atoms with van der Waals surface area (Å²) < 4.78 is 6.45. The third-order valence-corrected chi connectivity index (χ3v) is 8.36. The highest BCUT2D eigenvalue weighted by Gasteiger charge is 2.55. The van der Waals surface area contributed by atoms with Gasteiger partial charge in [0.1, 0.15) is 5.75 Å². The third-order valence-electron chi connectivity index (χ3n) is 7.32. The number of aromatic nitrogens is 1. The van der Waals surface area contributed by atoms with Crippen molar-refractivity contribution < 1.29 is 9.53 Å². The first-order valence-corrected chi connectivity index (χ1v) is 11.7. The van der Waals surface area contributed by atoms with Crippen molar-refractivity contribution in [2.24, 2.45) is 23.2 Å². The molecule has 1 heterocycles. The first kappa shape index (κ1) is 21.8. The number of methoxy groups -OCH3 is 1. The molecule has 4 fully saturated rings. The number of thiazole rings is 1. The van der Waals surface area contributed by atoms with E-state index in [1.165, 1.54) is 19.3 Å². The van der Waals surface area contributed by atoms with Crippen LogP contribution in [0.15, 0.2) is 18.2 Å². The molecule has 0 atom stereocenters. The summed E-state index contributed by atoms with van der Waals surface area (Å²) in [6.07, 6.45) is 7.33. The Bertz CT molecular complexity index is 893. The van der Waals surface area contributed by atoms with Crippen LogP contribution in [0, 0.1) is 23.2 Å². The molecule has 30 heavy (non-hydrogen) atoms. The van der Waals surface area contributed by atoms with Crippen LogP contribution in [0.2, 0.25) is 0 Å². The molecular formula is C23H32ClN3O2S.